The van der Waals surface area contributed by atoms with E-state index in [9.17, 15) is 9.59 Å². The first-order valence-corrected chi connectivity index (χ1v) is 7.24. The maximum atomic E-state index is 12.4. The molecule has 1 fully saturated rings. The fraction of sp³-hybridized carbons (Fsp3) is 0.500. The molecule has 20 heavy (non-hydrogen) atoms. The summed E-state index contributed by atoms with van der Waals surface area (Å²) < 4.78 is 0. The van der Waals surface area contributed by atoms with Gasteiger partial charge in [0.05, 0.1) is 0 Å². The predicted octanol–water partition coefficient (Wildman–Crippen LogP) is 1.84. The fourth-order valence-corrected chi connectivity index (χ4v) is 3.43. The van der Waals surface area contributed by atoms with Crippen LogP contribution in [0.2, 0.25) is 0 Å². The molecule has 1 aromatic carbocycles. The lowest BCUT2D eigenvalue weighted by Gasteiger charge is -2.15. The molecular formula is C16H20N2O2. The Balaban J connectivity index is 1.80. The zero-order valence-corrected chi connectivity index (χ0v) is 12.0. The monoisotopic (exact) mass is 272 g/mol. The van der Waals surface area contributed by atoms with Gasteiger partial charge in [-0.3, -0.25) is 9.59 Å². The van der Waals surface area contributed by atoms with Crippen molar-refractivity contribution in [3.63, 3.8) is 0 Å². The van der Waals surface area contributed by atoms with E-state index in [2.05, 4.69) is 11.4 Å². The van der Waals surface area contributed by atoms with Crippen LogP contribution in [0.25, 0.3) is 0 Å². The van der Waals surface area contributed by atoms with Crippen LogP contribution >= 0.6 is 0 Å². The van der Waals surface area contributed by atoms with Crippen LogP contribution in [0.15, 0.2) is 18.2 Å². The second-order valence-electron chi connectivity index (χ2n) is 5.96. The largest absolute Gasteiger partial charge is 0.345 e. The summed E-state index contributed by atoms with van der Waals surface area (Å²) in [6.45, 7) is 2.62. The van der Waals surface area contributed by atoms with Crippen LogP contribution in [0.1, 0.15) is 24.5 Å². The number of hydrogen-bond donors (Lipinski definition) is 1. The van der Waals surface area contributed by atoms with E-state index in [0.717, 1.165) is 24.9 Å². The topological polar surface area (TPSA) is 49.4 Å². The molecule has 1 heterocycles. The Morgan fingerprint density at radius 3 is 2.85 bits per heavy atom. The van der Waals surface area contributed by atoms with Crippen LogP contribution in [0.4, 0.5) is 5.69 Å². The Morgan fingerprint density at radius 1 is 1.35 bits per heavy atom. The van der Waals surface area contributed by atoms with Crippen molar-refractivity contribution in [2.75, 3.05) is 18.9 Å². The number of nitrogens with one attached hydrogen (secondary N) is 1. The summed E-state index contributed by atoms with van der Waals surface area (Å²) in [5.41, 5.74) is 3.46. The number of hydrogen-bond acceptors (Lipinski definition) is 2. The van der Waals surface area contributed by atoms with Crippen LogP contribution in [0.3, 0.4) is 0 Å². The van der Waals surface area contributed by atoms with E-state index in [-0.39, 0.29) is 17.7 Å². The molecule has 2 aliphatic rings. The van der Waals surface area contributed by atoms with Gasteiger partial charge in [-0.05, 0) is 42.4 Å². The molecule has 0 unspecified atom stereocenters. The van der Waals surface area contributed by atoms with Gasteiger partial charge < -0.3 is 10.2 Å². The standard InChI is InChI=1S/C16H20N2O2/c1-10-9-18(2)16(20)14(10)15(19)17-13-8-4-6-11-5-3-7-12(11)13/h4,6,8,10,14H,3,5,7,9H2,1-2H3,(H,17,19)/t10-,14-/m1/s1. The second-order valence-corrected chi connectivity index (χ2v) is 5.96. The van der Waals surface area contributed by atoms with Crippen molar-refractivity contribution in [3.05, 3.63) is 29.3 Å². The first kappa shape index (κ1) is 13.2. The predicted molar refractivity (Wildman–Crippen MR) is 77.4 cm³/mol. The molecule has 1 N–H and O–H groups in total. The highest BCUT2D eigenvalue weighted by Crippen LogP contribution is 2.30. The minimum Gasteiger partial charge on any atom is -0.345 e. The molecule has 106 valence electrons. The number of benzene rings is 1. The third-order valence-electron chi connectivity index (χ3n) is 4.46. The van der Waals surface area contributed by atoms with Gasteiger partial charge in [0.2, 0.25) is 11.8 Å². The molecule has 4 heteroatoms. The minimum absolute atomic E-state index is 0.0671. The lowest BCUT2D eigenvalue weighted by molar-refractivity contribution is -0.135. The van der Waals surface area contributed by atoms with Gasteiger partial charge in [0.25, 0.3) is 0 Å². The number of anilines is 1. The molecule has 0 radical (unpaired) electrons. The number of carbonyl (C=O) groups excluding carboxylic acids is 2. The zero-order chi connectivity index (χ0) is 14.3. The normalized spacial score (nSPS) is 24.9. The molecule has 0 bridgehead atoms. The van der Waals surface area contributed by atoms with E-state index in [0.29, 0.717) is 6.54 Å². The van der Waals surface area contributed by atoms with Gasteiger partial charge in [-0.25, -0.2) is 0 Å². The van der Waals surface area contributed by atoms with Gasteiger partial charge in [-0.15, -0.1) is 0 Å². The molecular weight excluding hydrogens is 252 g/mol. The Morgan fingerprint density at radius 2 is 2.15 bits per heavy atom. The van der Waals surface area contributed by atoms with Gasteiger partial charge in [0.15, 0.2) is 0 Å². The maximum Gasteiger partial charge on any atom is 0.237 e. The van der Waals surface area contributed by atoms with Crippen LogP contribution < -0.4 is 5.32 Å². The van der Waals surface area contributed by atoms with Gasteiger partial charge in [0, 0.05) is 19.3 Å². The molecule has 1 aliphatic heterocycles. The van der Waals surface area contributed by atoms with Crippen LogP contribution in [-0.4, -0.2) is 30.3 Å². The van der Waals surface area contributed by atoms with Gasteiger partial charge in [-0.2, -0.15) is 0 Å². The maximum absolute atomic E-state index is 12.4. The van der Waals surface area contributed by atoms with Crippen molar-refractivity contribution in [1.29, 1.82) is 0 Å². The molecule has 2 atom stereocenters. The van der Waals surface area contributed by atoms with Crippen molar-refractivity contribution in [2.24, 2.45) is 11.8 Å². The van der Waals surface area contributed by atoms with Crippen molar-refractivity contribution >= 4 is 17.5 Å². The molecule has 0 saturated carbocycles. The van der Waals surface area contributed by atoms with E-state index in [1.54, 1.807) is 11.9 Å². The zero-order valence-electron chi connectivity index (χ0n) is 12.0. The molecule has 2 amide bonds. The summed E-state index contributed by atoms with van der Waals surface area (Å²) in [4.78, 5) is 26.1. The molecule has 0 spiro atoms. The average molecular weight is 272 g/mol. The number of nitrogens with zero attached hydrogens (tertiary/aromatic N) is 1. The summed E-state index contributed by atoms with van der Waals surface area (Å²) >= 11 is 0. The minimum atomic E-state index is -0.544. The van der Waals surface area contributed by atoms with Crippen LogP contribution in [0.5, 0.6) is 0 Å². The van der Waals surface area contributed by atoms with E-state index < -0.39 is 5.92 Å². The number of amides is 2. The summed E-state index contributed by atoms with van der Waals surface area (Å²) in [5.74, 6) is -0.698. The van der Waals surface area contributed by atoms with Crippen molar-refractivity contribution in [1.82, 2.24) is 4.90 Å². The first-order chi connectivity index (χ1) is 9.58. The smallest absolute Gasteiger partial charge is 0.237 e. The van der Waals surface area contributed by atoms with E-state index in [1.165, 1.54) is 11.1 Å². The Bertz CT molecular complexity index is 568. The SMILES string of the molecule is C[C@@H]1CN(C)C(=O)[C@H]1C(=O)Nc1cccc2c1CCC2. The van der Waals surface area contributed by atoms with E-state index in [1.807, 2.05) is 19.1 Å². The van der Waals surface area contributed by atoms with Crippen LogP contribution in [0, 0.1) is 11.8 Å². The number of carbonyl (C=O) groups is 2. The molecule has 1 aromatic rings. The average Bonchev–Trinajstić information content (AvgIpc) is 2.96. The second kappa shape index (κ2) is 4.93. The Kier molecular flexibility index (Phi) is 3.24. The van der Waals surface area contributed by atoms with Gasteiger partial charge in [-0.1, -0.05) is 19.1 Å². The summed E-state index contributed by atoms with van der Waals surface area (Å²) in [6.07, 6.45) is 3.24. The van der Waals surface area contributed by atoms with E-state index >= 15 is 0 Å². The summed E-state index contributed by atoms with van der Waals surface area (Å²) in [7, 11) is 1.76. The van der Waals surface area contributed by atoms with Crippen LogP contribution in [-0.2, 0) is 22.4 Å². The van der Waals surface area contributed by atoms with Crippen molar-refractivity contribution in [2.45, 2.75) is 26.2 Å². The highest BCUT2D eigenvalue weighted by Gasteiger charge is 2.41. The quantitative estimate of drug-likeness (QED) is 0.835. The number of aryl methyl sites for hydroxylation is 1. The lowest BCUT2D eigenvalue weighted by Crippen LogP contribution is -2.32. The number of rotatable bonds is 2. The fourth-order valence-electron chi connectivity index (χ4n) is 3.43. The number of fused-ring (bicyclic) bond motifs is 1. The Labute approximate surface area is 119 Å². The molecule has 0 aromatic heterocycles. The molecule has 1 saturated heterocycles. The summed E-state index contributed by atoms with van der Waals surface area (Å²) in [5, 5.41) is 2.98. The van der Waals surface area contributed by atoms with Crippen molar-refractivity contribution < 1.29 is 9.59 Å². The third-order valence-corrected chi connectivity index (χ3v) is 4.46. The van der Waals surface area contributed by atoms with Gasteiger partial charge in [0.1, 0.15) is 5.92 Å². The van der Waals surface area contributed by atoms with Crippen molar-refractivity contribution in [3.8, 4) is 0 Å². The number of likely N-dealkylation sites (tertiary alicyclic amines) is 1. The third kappa shape index (κ3) is 2.09. The molecule has 1 aliphatic carbocycles. The highest BCUT2D eigenvalue weighted by atomic mass is 16.2. The molecule has 3 rings (SSSR count). The van der Waals surface area contributed by atoms with Gasteiger partial charge >= 0.3 is 0 Å². The molecule has 4 nitrogen and oxygen atoms in total. The van der Waals surface area contributed by atoms with E-state index in [4.69, 9.17) is 0 Å². The first-order valence-electron chi connectivity index (χ1n) is 7.24. The Hall–Kier alpha value is -1.84. The highest BCUT2D eigenvalue weighted by molar-refractivity contribution is 6.08. The lowest BCUT2D eigenvalue weighted by atomic mass is 9.96. The summed E-state index contributed by atoms with van der Waals surface area (Å²) in [6, 6.07) is 6.04.